The Kier molecular flexibility index (Phi) is 9.08. The largest absolute Gasteiger partial charge is 0.494 e. The quantitative estimate of drug-likeness (QED) is 0.0984. The second-order valence-electron chi connectivity index (χ2n) is 14.1. The molecule has 5 heterocycles. The first-order chi connectivity index (χ1) is 27.7. The fourth-order valence-corrected chi connectivity index (χ4v) is 8.95. The molecule has 0 atom stereocenters. The van der Waals surface area contributed by atoms with Gasteiger partial charge in [0.1, 0.15) is 22.9 Å². The van der Waals surface area contributed by atoms with Gasteiger partial charge >= 0.3 is 5.97 Å². The topological polar surface area (TPSA) is 179 Å². The zero-order valence-electron chi connectivity index (χ0n) is 31.2. The van der Waals surface area contributed by atoms with Crippen LogP contribution in [0.3, 0.4) is 0 Å². The molecule has 0 radical (unpaired) electrons. The summed E-state index contributed by atoms with van der Waals surface area (Å²) in [5.41, 5.74) is 14.1. The Balaban J connectivity index is 0.926. The van der Waals surface area contributed by atoms with E-state index in [1.165, 1.54) is 11.3 Å². The van der Waals surface area contributed by atoms with E-state index in [1.54, 1.807) is 48.3 Å². The number of nitrogens with two attached hydrogens (primary N) is 1. The Bertz CT molecular complexity index is 2690. The number of thiazole rings is 1. The van der Waals surface area contributed by atoms with Crippen LogP contribution in [0.1, 0.15) is 50.4 Å². The molecule has 0 spiro atoms. The lowest BCUT2D eigenvalue weighted by atomic mass is 10.0. The zero-order chi connectivity index (χ0) is 39.4. The van der Waals surface area contributed by atoms with Gasteiger partial charge in [0.25, 0.3) is 11.8 Å². The minimum atomic E-state index is -1.04. The van der Waals surface area contributed by atoms with Crippen molar-refractivity contribution in [1.29, 1.82) is 0 Å². The molecule has 288 valence electrons. The number of amides is 2. The number of azo groups is 1. The van der Waals surface area contributed by atoms with Crippen LogP contribution in [0, 0.1) is 0 Å². The Morgan fingerprint density at radius 3 is 2.42 bits per heavy atom. The normalized spacial score (nSPS) is 15.3. The molecule has 1 saturated heterocycles. The molecule has 0 bridgehead atoms. The number of benzene rings is 4. The van der Waals surface area contributed by atoms with Gasteiger partial charge in [-0.2, -0.15) is 0 Å². The monoisotopic (exact) mass is 782 g/mol. The summed E-state index contributed by atoms with van der Waals surface area (Å²) in [5, 5.41) is 19.6. The molecule has 0 aliphatic carbocycles. The number of H-pyrrole nitrogens is 1. The van der Waals surface area contributed by atoms with Crippen LogP contribution in [-0.2, 0) is 17.6 Å². The Hall–Kier alpha value is -6.74. The van der Waals surface area contributed by atoms with Gasteiger partial charge in [-0.1, -0.05) is 23.5 Å². The third-order valence-corrected chi connectivity index (χ3v) is 11.8. The summed E-state index contributed by atoms with van der Waals surface area (Å²) in [7, 11) is 3.25. The van der Waals surface area contributed by atoms with Crippen molar-refractivity contribution in [1.82, 2.24) is 9.97 Å². The van der Waals surface area contributed by atoms with Gasteiger partial charge in [0.15, 0.2) is 0 Å². The maximum absolute atomic E-state index is 14.0. The van der Waals surface area contributed by atoms with Gasteiger partial charge < -0.3 is 40.0 Å². The van der Waals surface area contributed by atoms with Crippen LogP contribution in [0.5, 0.6) is 11.5 Å². The van der Waals surface area contributed by atoms with Crippen LogP contribution in [0.25, 0.3) is 27.2 Å². The molecule has 3 aliphatic heterocycles. The number of nitrogens with one attached hydrogen (secondary N) is 1. The molecule has 0 saturated carbocycles. The van der Waals surface area contributed by atoms with Gasteiger partial charge in [-0.15, -0.1) is 10.2 Å². The second kappa shape index (κ2) is 14.4. The second-order valence-corrected chi connectivity index (χ2v) is 15.1. The van der Waals surface area contributed by atoms with Gasteiger partial charge in [-0.05, 0) is 90.9 Å². The average Bonchev–Trinajstić information content (AvgIpc) is 4.07. The van der Waals surface area contributed by atoms with Crippen molar-refractivity contribution in [2.75, 3.05) is 55.1 Å². The standard InChI is InChI=1S/C42H38N8O6S/c1-55-36-22-35(48-14-3-4-15-48)37(56-2)21-31(36)46-47-42-45-30-9-8-24(19-38(30)57-42)39(51)49-16-12-25-23(6-5-7-33(25)49)18-28(43)40(52)50-17-13-26-27-20-32(41(53)54)44-29(27)10-11-34(26)50/h5-11,18-22,44H,3-4,12-17,43H2,1-2H3,(H,53,54)/b28-18-,47-46?. The van der Waals surface area contributed by atoms with Crippen LogP contribution in [0.15, 0.2) is 82.7 Å². The van der Waals surface area contributed by atoms with E-state index in [4.69, 9.17) is 15.2 Å². The average molecular weight is 783 g/mol. The highest BCUT2D eigenvalue weighted by molar-refractivity contribution is 7.21. The molecule has 6 aromatic rings. The summed E-state index contributed by atoms with van der Waals surface area (Å²) in [6.07, 6.45) is 5.13. The maximum Gasteiger partial charge on any atom is 0.352 e. The number of ether oxygens (including phenoxy) is 2. The van der Waals surface area contributed by atoms with E-state index in [9.17, 15) is 19.5 Å². The molecule has 14 nitrogen and oxygen atoms in total. The minimum Gasteiger partial charge on any atom is -0.494 e. The van der Waals surface area contributed by atoms with Crippen LogP contribution < -0.4 is 29.9 Å². The molecule has 2 amide bonds. The van der Waals surface area contributed by atoms with Crippen molar-refractivity contribution in [3.8, 4) is 11.5 Å². The Morgan fingerprint density at radius 2 is 1.63 bits per heavy atom. The number of hydrogen-bond donors (Lipinski definition) is 3. The summed E-state index contributed by atoms with van der Waals surface area (Å²) in [6.45, 7) is 2.83. The van der Waals surface area contributed by atoms with Crippen LogP contribution in [-0.4, -0.2) is 73.3 Å². The summed E-state index contributed by atoms with van der Waals surface area (Å²) in [6, 6.07) is 20.1. The number of carbonyl (C=O) groups is 3. The number of nitrogens with zero attached hydrogens (tertiary/aromatic N) is 6. The molecule has 9 rings (SSSR count). The van der Waals surface area contributed by atoms with Crippen molar-refractivity contribution in [3.63, 3.8) is 0 Å². The molecule has 4 N–H and O–H groups in total. The van der Waals surface area contributed by atoms with Gasteiger partial charge in [0.2, 0.25) is 5.13 Å². The van der Waals surface area contributed by atoms with E-state index in [2.05, 4.69) is 25.1 Å². The van der Waals surface area contributed by atoms with Crippen LogP contribution in [0.2, 0.25) is 0 Å². The number of rotatable bonds is 9. The van der Waals surface area contributed by atoms with E-state index in [0.717, 1.165) is 64.1 Å². The molecule has 4 aromatic carbocycles. The summed E-state index contributed by atoms with van der Waals surface area (Å²) in [5.74, 6) is -0.236. The number of anilines is 3. The first-order valence-corrected chi connectivity index (χ1v) is 19.5. The lowest BCUT2D eigenvalue weighted by Gasteiger charge is -2.21. The fraction of sp³-hybridized carbons (Fsp3) is 0.238. The first-order valence-electron chi connectivity index (χ1n) is 18.6. The number of carbonyl (C=O) groups excluding carboxylic acids is 2. The highest BCUT2D eigenvalue weighted by Crippen LogP contribution is 2.42. The highest BCUT2D eigenvalue weighted by atomic mass is 32.1. The number of aromatic carboxylic acids is 1. The zero-order valence-corrected chi connectivity index (χ0v) is 32.1. The fourth-order valence-electron chi connectivity index (χ4n) is 8.12. The van der Waals surface area contributed by atoms with Crippen LogP contribution in [0.4, 0.5) is 27.9 Å². The lowest BCUT2D eigenvalue weighted by Crippen LogP contribution is -2.33. The highest BCUT2D eigenvalue weighted by Gasteiger charge is 2.30. The van der Waals surface area contributed by atoms with E-state index < -0.39 is 5.97 Å². The van der Waals surface area contributed by atoms with Crippen molar-refractivity contribution in [3.05, 3.63) is 100 Å². The minimum absolute atomic E-state index is 0.0710. The van der Waals surface area contributed by atoms with Crippen molar-refractivity contribution < 1.29 is 29.0 Å². The number of hydrogen-bond acceptors (Lipinski definition) is 11. The number of aromatic amines is 1. The maximum atomic E-state index is 14.0. The molecular weight excluding hydrogens is 745 g/mol. The van der Waals surface area contributed by atoms with Gasteiger partial charge in [-0.3, -0.25) is 9.59 Å². The van der Waals surface area contributed by atoms with Crippen LogP contribution >= 0.6 is 11.3 Å². The Morgan fingerprint density at radius 1 is 0.860 bits per heavy atom. The molecule has 57 heavy (non-hydrogen) atoms. The van der Waals surface area contributed by atoms with Crippen molar-refractivity contribution in [2.24, 2.45) is 16.0 Å². The molecule has 0 unspecified atom stereocenters. The number of carboxylic acid groups (broad SMARTS) is 1. The number of fused-ring (bicyclic) bond motifs is 5. The summed E-state index contributed by atoms with van der Waals surface area (Å²) >= 11 is 1.34. The van der Waals surface area contributed by atoms with Gasteiger partial charge in [0, 0.05) is 66.2 Å². The SMILES string of the molecule is COc1cc(N2CCCC2)c(OC)cc1N=Nc1nc2ccc(C(=O)N3CCc4c(/C=C(\N)C(=O)N5CCc6c5ccc5[nH]c(C(=O)O)cc65)cccc43)cc2s1. The predicted octanol–water partition coefficient (Wildman–Crippen LogP) is 7.60. The summed E-state index contributed by atoms with van der Waals surface area (Å²) in [4.78, 5) is 52.4. The van der Waals surface area contributed by atoms with Gasteiger partial charge in [0.05, 0.1) is 35.8 Å². The van der Waals surface area contributed by atoms with E-state index >= 15 is 0 Å². The molecule has 2 aromatic heterocycles. The molecule has 15 heteroatoms. The third-order valence-electron chi connectivity index (χ3n) is 10.9. The summed E-state index contributed by atoms with van der Waals surface area (Å²) < 4.78 is 12.2. The van der Waals surface area contributed by atoms with E-state index in [1.807, 2.05) is 48.5 Å². The molecular formula is C42H38N8O6S. The molecule has 1 fully saturated rings. The Labute approximate surface area is 330 Å². The first kappa shape index (κ1) is 35.9. The molecule has 3 aliphatic rings. The van der Waals surface area contributed by atoms with E-state index in [-0.39, 0.29) is 23.2 Å². The van der Waals surface area contributed by atoms with Gasteiger partial charge in [-0.25, -0.2) is 9.78 Å². The number of methoxy groups -OCH3 is 2. The van der Waals surface area contributed by atoms with Crippen molar-refractivity contribution >= 4 is 84.2 Å². The predicted molar refractivity (Wildman–Crippen MR) is 220 cm³/mol. The lowest BCUT2D eigenvalue weighted by molar-refractivity contribution is -0.115. The number of aromatic nitrogens is 2. The third kappa shape index (κ3) is 6.39. The smallest absolute Gasteiger partial charge is 0.352 e. The number of carboxylic acids is 1. The van der Waals surface area contributed by atoms with Crippen molar-refractivity contribution in [2.45, 2.75) is 25.7 Å². The van der Waals surface area contributed by atoms with E-state index in [0.29, 0.717) is 70.5 Å².